The van der Waals surface area contributed by atoms with E-state index in [9.17, 15) is 14.4 Å². The minimum absolute atomic E-state index is 0.203. The van der Waals surface area contributed by atoms with Crippen LogP contribution in [0.4, 0.5) is 4.79 Å². The van der Waals surface area contributed by atoms with E-state index in [-0.39, 0.29) is 11.3 Å². The number of carbonyl (C=O) groups is 2. The Morgan fingerprint density at radius 2 is 1.65 bits per heavy atom. The summed E-state index contributed by atoms with van der Waals surface area (Å²) in [5.41, 5.74) is -0.933. The summed E-state index contributed by atoms with van der Waals surface area (Å²) >= 11 is 0. The molecule has 8 heteroatoms. The summed E-state index contributed by atoms with van der Waals surface area (Å²) in [6, 6.07) is 9.12. The van der Waals surface area contributed by atoms with Crippen LogP contribution in [0.25, 0.3) is 21.7 Å². The van der Waals surface area contributed by atoms with Gasteiger partial charge in [0.25, 0.3) is 0 Å². The molecule has 3 rings (SSSR count). The molecule has 3 aromatic rings. The number of benzene rings is 2. The van der Waals surface area contributed by atoms with Crippen molar-refractivity contribution in [2.75, 3.05) is 7.11 Å². The number of amides is 1. The number of hydrogen-bond donors (Lipinski definition) is 1. The fourth-order valence-electron chi connectivity index (χ4n) is 3.47. The molecule has 8 nitrogen and oxygen atoms in total. The summed E-state index contributed by atoms with van der Waals surface area (Å²) in [6.07, 6.45) is 0.410. The third kappa shape index (κ3) is 6.27. The fraction of sp³-hybridized carbons (Fsp3) is 0.423. The molecule has 0 saturated carbocycles. The maximum absolute atomic E-state index is 12.9. The first-order chi connectivity index (χ1) is 16.0. The quantitative estimate of drug-likeness (QED) is 0.220. The van der Waals surface area contributed by atoms with E-state index in [1.165, 1.54) is 13.2 Å². The lowest BCUT2D eigenvalue weighted by Gasteiger charge is -2.23. The molecule has 1 aromatic heterocycles. The van der Waals surface area contributed by atoms with Crippen LogP contribution in [0.15, 0.2) is 45.6 Å². The predicted octanol–water partition coefficient (Wildman–Crippen LogP) is 5.19. The van der Waals surface area contributed by atoms with Crippen LogP contribution in [0.3, 0.4) is 0 Å². The van der Waals surface area contributed by atoms with Crippen LogP contribution in [-0.2, 0) is 9.53 Å². The zero-order valence-electron chi connectivity index (χ0n) is 20.4. The van der Waals surface area contributed by atoms with Crippen molar-refractivity contribution in [3.8, 4) is 11.5 Å². The highest BCUT2D eigenvalue weighted by molar-refractivity contribution is 6.05. The highest BCUT2D eigenvalue weighted by Gasteiger charge is 2.26. The van der Waals surface area contributed by atoms with Gasteiger partial charge in [-0.3, -0.25) is 0 Å². The second kappa shape index (κ2) is 10.2. The monoisotopic (exact) mass is 469 g/mol. The minimum atomic E-state index is -0.885. The predicted molar refractivity (Wildman–Crippen MR) is 129 cm³/mol. The third-order valence-electron chi connectivity index (χ3n) is 5.12. The number of alkyl carbamates (subject to hydrolysis) is 1. The zero-order valence-corrected chi connectivity index (χ0v) is 20.4. The normalized spacial score (nSPS) is 12.6. The van der Waals surface area contributed by atoms with Crippen molar-refractivity contribution in [2.24, 2.45) is 5.92 Å². The Morgan fingerprint density at radius 1 is 0.971 bits per heavy atom. The van der Waals surface area contributed by atoms with Gasteiger partial charge >= 0.3 is 17.7 Å². The van der Waals surface area contributed by atoms with E-state index in [1.807, 2.05) is 13.8 Å². The molecule has 2 aromatic carbocycles. The van der Waals surface area contributed by atoms with Gasteiger partial charge in [0.05, 0.1) is 12.5 Å². The Morgan fingerprint density at radius 3 is 2.29 bits per heavy atom. The molecular weight excluding hydrogens is 438 g/mol. The molecule has 1 amide bonds. The highest BCUT2D eigenvalue weighted by Crippen LogP contribution is 2.28. The van der Waals surface area contributed by atoms with Crippen molar-refractivity contribution in [1.82, 2.24) is 5.32 Å². The first-order valence-corrected chi connectivity index (χ1v) is 11.2. The van der Waals surface area contributed by atoms with Gasteiger partial charge in [-0.05, 0) is 69.9 Å². The number of esters is 1. The second-order valence-electron chi connectivity index (χ2n) is 9.55. The Hall–Kier alpha value is -3.55. The number of methoxy groups -OCH3 is 1. The molecule has 0 saturated heterocycles. The summed E-state index contributed by atoms with van der Waals surface area (Å²) in [6.45, 7) is 9.30. The summed E-state index contributed by atoms with van der Waals surface area (Å²) in [7, 11) is 1.52. The van der Waals surface area contributed by atoms with Gasteiger partial charge < -0.3 is 23.9 Å². The molecule has 0 aliphatic rings. The topological polar surface area (TPSA) is 104 Å². The van der Waals surface area contributed by atoms with Crippen molar-refractivity contribution in [2.45, 2.75) is 59.1 Å². The largest absolute Gasteiger partial charge is 0.497 e. The van der Waals surface area contributed by atoms with E-state index in [2.05, 4.69) is 5.32 Å². The minimum Gasteiger partial charge on any atom is -0.497 e. The lowest BCUT2D eigenvalue weighted by molar-refractivity contribution is -0.137. The van der Waals surface area contributed by atoms with Gasteiger partial charge in [-0.25, -0.2) is 14.4 Å². The number of ether oxygens (including phenoxy) is 3. The molecule has 0 fully saturated rings. The summed E-state index contributed by atoms with van der Waals surface area (Å²) in [5.74, 6) is 0.458. The van der Waals surface area contributed by atoms with E-state index in [0.717, 1.165) is 0 Å². The SMILES string of the molecule is COc1ccc2c(c1)c(=O)oc1cc(OC(=O)[C@@H](CCC(C)C)NC(=O)OC(C)(C)C)ccc12. The summed E-state index contributed by atoms with van der Waals surface area (Å²) < 4.78 is 21.5. The molecule has 182 valence electrons. The van der Waals surface area contributed by atoms with Crippen LogP contribution < -0.4 is 20.4 Å². The molecule has 0 bridgehead atoms. The molecule has 0 radical (unpaired) electrons. The third-order valence-corrected chi connectivity index (χ3v) is 5.12. The van der Waals surface area contributed by atoms with Crippen LogP contribution in [-0.4, -0.2) is 30.8 Å². The average Bonchev–Trinajstić information content (AvgIpc) is 2.74. The van der Waals surface area contributed by atoms with E-state index in [0.29, 0.717) is 40.7 Å². The summed E-state index contributed by atoms with van der Waals surface area (Å²) in [4.78, 5) is 37.7. The van der Waals surface area contributed by atoms with Gasteiger partial charge in [0.15, 0.2) is 0 Å². The van der Waals surface area contributed by atoms with Crippen LogP contribution in [0.5, 0.6) is 11.5 Å². The van der Waals surface area contributed by atoms with Gasteiger partial charge in [-0.1, -0.05) is 13.8 Å². The Bertz CT molecular complexity index is 1250. The standard InChI is InChI=1S/C26H31NO7/c1-15(2)7-12-21(27-25(30)34-26(3,4)5)24(29)32-17-9-11-19-18-10-8-16(31-6)13-20(18)23(28)33-22(19)14-17/h8-11,13-15,21H,7,12H2,1-6H3,(H,27,30)/t21-/m1/s1. The fourth-order valence-corrected chi connectivity index (χ4v) is 3.47. The Kier molecular flexibility index (Phi) is 7.49. The number of fused-ring (bicyclic) bond motifs is 3. The van der Waals surface area contributed by atoms with Crippen LogP contribution in [0.2, 0.25) is 0 Å². The van der Waals surface area contributed by atoms with Crippen molar-refractivity contribution in [3.05, 3.63) is 46.8 Å². The number of carbonyl (C=O) groups excluding carboxylic acids is 2. The van der Waals surface area contributed by atoms with E-state index in [1.54, 1.807) is 51.1 Å². The van der Waals surface area contributed by atoms with Gasteiger partial charge in [0.2, 0.25) is 0 Å². The van der Waals surface area contributed by atoms with E-state index < -0.39 is 29.3 Å². The van der Waals surface area contributed by atoms with Crippen molar-refractivity contribution in [1.29, 1.82) is 0 Å². The first kappa shape index (κ1) is 25.1. The molecule has 0 aliphatic heterocycles. The smallest absolute Gasteiger partial charge is 0.408 e. The molecule has 0 aliphatic carbocycles. The molecule has 34 heavy (non-hydrogen) atoms. The lowest BCUT2D eigenvalue weighted by atomic mass is 10.0. The number of nitrogens with one attached hydrogen (secondary N) is 1. The van der Waals surface area contributed by atoms with Crippen LogP contribution >= 0.6 is 0 Å². The lowest BCUT2D eigenvalue weighted by Crippen LogP contribution is -2.45. The van der Waals surface area contributed by atoms with Crippen LogP contribution in [0.1, 0.15) is 47.5 Å². The molecular formula is C26H31NO7. The maximum atomic E-state index is 12.9. The average molecular weight is 470 g/mol. The Balaban J connectivity index is 1.85. The molecule has 1 N–H and O–H groups in total. The second-order valence-corrected chi connectivity index (χ2v) is 9.55. The van der Waals surface area contributed by atoms with Gasteiger partial charge in [0, 0.05) is 16.8 Å². The Labute approximate surface area is 198 Å². The zero-order chi connectivity index (χ0) is 25.0. The van der Waals surface area contributed by atoms with Gasteiger partial charge in [-0.2, -0.15) is 0 Å². The molecule has 0 unspecified atom stereocenters. The van der Waals surface area contributed by atoms with E-state index in [4.69, 9.17) is 18.6 Å². The molecule has 1 atom stereocenters. The number of rotatable bonds is 7. The van der Waals surface area contributed by atoms with E-state index >= 15 is 0 Å². The van der Waals surface area contributed by atoms with Crippen molar-refractivity contribution in [3.63, 3.8) is 0 Å². The highest BCUT2D eigenvalue weighted by atomic mass is 16.6. The van der Waals surface area contributed by atoms with Crippen LogP contribution in [0, 0.1) is 5.92 Å². The maximum Gasteiger partial charge on any atom is 0.408 e. The van der Waals surface area contributed by atoms with Crippen molar-refractivity contribution < 1.29 is 28.2 Å². The van der Waals surface area contributed by atoms with Gasteiger partial charge in [0.1, 0.15) is 28.7 Å². The molecule has 1 heterocycles. The van der Waals surface area contributed by atoms with Crippen molar-refractivity contribution >= 4 is 33.8 Å². The summed E-state index contributed by atoms with van der Waals surface area (Å²) in [5, 5.41) is 4.40. The number of hydrogen-bond acceptors (Lipinski definition) is 7. The molecule has 0 spiro atoms. The van der Waals surface area contributed by atoms with Gasteiger partial charge in [-0.15, -0.1) is 0 Å². The first-order valence-electron chi connectivity index (χ1n) is 11.2.